The second-order valence-electron chi connectivity index (χ2n) is 10.6. The molecule has 5 atom stereocenters. The van der Waals surface area contributed by atoms with Crippen LogP contribution in [0.3, 0.4) is 0 Å². The lowest BCUT2D eigenvalue weighted by Crippen LogP contribution is -2.38. The van der Waals surface area contributed by atoms with Crippen LogP contribution in [0, 0.1) is 11.3 Å². The van der Waals surface area contributed by atoms with Crippen molar-refractivity contribution in [1.82, 2.24) is 0 Å². The first-order chi connectivity index (χ1) is 19.5. The fourth-order valence-corrected chi connectivity index (χ4v) is 9.68. The van der Waals surface area contributed by atoms with Crippen molar-refractivity contribution in [2.24, 2.45) is 11.3 Å². The molecule has 0 radical (unpaired) electrons. The van der Waals surface area contributed by atoms with E-state index in [9.17, 15) is 9.59 Å². The summed E-state index contributed by atoms with van der Waals surface area (Å²) in [6, 6.07) is 15.8. The van der Waals surface area contributed by atoms with Crippen molar-refractivity contribution in [1.29, 1.82) is 0 Å². The van der Waals surface area contributed by atoms with Gasteiger partial charge in [-0.25, -0.2) is 0 Å². The van der Waals surface area contributed by atoms with Crippen LogP contribution in [0.5, 0.6) is 23.0 Å². The van der Waals surface area contributed by atoms with Gasteiger partial charge in [-0.3, -0.25) is 9.59 Å². The van der Waals surface area contributed by atoms with Gasteiger partial charge in [0, 0.05) is 44.6 Å². The first-order valence-electron chi connectivity index (χ1n) is 13.1. The molecule has 0 saturated heterocycles. The normalized spacial score (nSPS) is 26.1. The highest BCUT2D eigenvalue weighted by Crippen LogP contribution is 2.73. The highest BCUT2D eigenvalue weighted by molar-refractivity contribution is 7.10. The van der Waals surface area contributed by atoms with Gasteiger partial charge in [0.1, 0.15) is 0 Å². The fourth-order valence-electron chi connectivity index (χ4n) is 7.73. The molecule has 1 fully saturated rings. The van der Waals surface area contributed by atoms with Crippen molar-refractivity contribution in [2.45, 2.75) is 24.2 Å². The molecule has 0 bridgehead atoms. The van der Waals surface area contributed by atoms with E-state index in [1.165, 1.54) is 0 Å². The molecule has 204 valence electrons. The van der Waals surface area contributed by atoms with Crippen LogP contribution < -0.4 is 18.9 Å². The van der Waals surface area contributed by atoms with Crippen LogP contribution in [0.2, 0.25) is 0 Å². The summed E-state index contributed by atoms with van der Waals surface area (Å²) in [5.74, 6) is 1.32. The number of Topliss-reactive ketones (excluding diaryl/α,β-unsaturated/α-hetero) is 2. The minimum atomic E-state index is -0.842. The van der Waals surface area contributed by atoms with Crippen molar-refractivity contribution < 1.29 is 28.5 Å². The summed E-state index contributed by atoms with van der Waals surface area (Å²) in [5.41, 5.74) is 2.34. The molecular weight excluding hydrogens is 544 g/mol. The number of hydrogen-bond donors (Lipinski definition) is 0. The zero-order valence-electron chi connectivity index (χ0n) is 22.6. The zero-order valence-corrected chi connectivity index (χ0v) is 24.2. The molecule has 40 heavy (non-hydrogen) atoms. The molecule has 2 aromatic heterocycles. The van der Waals surface area contributed by atoms with Crippen molar-refractivity contribution in [3.8, 4) is 23.0 Å². The maximum absolute atomic E-state index is 14.9. The summed E-state index contributed by atoms with van der Waals surface area (Å²) in [5, 5.41) is 4.09. The number of thiophene rings is 2. The van der Waals surface area contributed by atoms with E-state index in [1.807, 2.05) is 41.8 Å². The molecule has 4 aromatic rings. The third-order valence-electron chi connectivity index (χ3n) is 9.16. The van der Waals surface area contributed by atoms with Gasteiger partial charge >= 0.3 is 0 Å². The Morgan fingerprint density at radius 2 is 1.23 bits per heavy atom. The van der Waals surface area contributed by atoms with Gasteiger partial charge in [-0.15, -0.1) is 22.7 Å². The second-order valence-corrected chi connectivity index (χ2v) is 12.6. The van der Waals surface area contributed by atoms with E-state index in [2.05, 4.69) is 17.5 Å². The van der Waals surface area contributed by atoms with Crippen molar-refractivity contribution >= 4 is 34.2 Å². The largest absolute Gasteiger partial charge is 0.493 e. The Labute approximate surface area is 240 Å². The molecule has 1 saturated carbocycles. The lowest BCUT2D eigenvalue weighted by molar-refractivity contribution is 0.0749. The van der Waals surface area contributed by atoms with Gasteiger partial charge in [-0.1, -0.05) is 12.1 Å². The Balaban J connectivity index is 1.52. The van der Waals surface area contributed by atoms with Crippen molar-refractivity contribution in [3.05, 3.63) is 91.3 Å². The third kappa shape index (κ3) is 3.20. The van der Waals surface area contributed by atoms with Gasteiger partial charge in [0.25, 0.3) is 0 Å². The quantitative estimate of drug-likeness (QED) is 0.255. The van der Waals surface area contributed by atoms with E-state index >= 15 is 0 Å². The Hall–Kier alpha value is -3.62. The van der Waals surface area contributed by atoms with E-state index in [-0.39, 0.29) is 35.2 Å². The molecule has 6 nitrogen and oxygen atoms in total. The molecule has 2 aromatic carbocycles. The van der Waals surface area contributed by atoms with Gasteiger partial charge in [-0.05, 0) is 64.7 Å². The number of ketones is 2. The number of hydrogen-bond acceptors (Lipinski definition) is 8. The first kappa shape index (κ1) is 25.4. The van der Waals surface area contributed by atoms with Crippen LogP contribution in [-0.2, 0) is 6.42 Å². The minimum Gasteiger partial charge on any atom is -0.493 e. The number of ether oxygens (including phenoxy) is 4. The predicted octanol–water partition coefficient (Wildman–Crippen LogP) is 6.75. The molecule has 3 aliphatic rings. The highest BCUT2D eigenvalue weighted by Gasteiger charge is 2.71. The molecule has 0 N–H and O–H groups in total. The van der Waals surface area contributed by atoms with Gasteiger partial charge in [-0.2, -0.15) is 0 Å². The molecular formula is C32H28O6S2. The van der Waals surface area contributed by atoms with E-state index in [0.29, 0.717) is 40.5 Å². The number of methoxy groups -OCH3 is 4. The second kappa shape index (κ2) is 9.21. The maximum atomic E-state index is 14.9. The molecule has 7 rings (SSSR count). The average Bonchev–Trinajstić information content (AvgIpc) is 3.80. The summed E-state index contributed by atoms with van der Waals surface area (Å²) in [4.78, 5) is 31.6. The number of fused-ring (bicyclic) bond motifs is 4. The number of carbonyl (C=O) groups excluding carboxylic acids is 2. The molecule has 0 aliphatic heterocycles. The van der Waals surface area contributed by atoms with E-state index in [4.69, 9.17) is 18.9 Å². The lowest BCUT2D eigenvalue weighted by Gasteiger charge is -2.36. The van der Waals surface area contributed by atoms with E-state index in [0.717, 1.165) is 20.9 Å². The van der Waals surface area contributed by atoms with Crippen LogP contribution in [0.25, 0.3) is 0 Å². The molecule has 1 spiro atoms. The summed E-state index contributed by atoms with van der Waals surface area (Å²) in [6.07, 6.45) is 0.523. The minimum absolute atomic E-state index is 0.0664. The van der Waals surface area contributed by atoms with Gasteiger partial charge < -0.3 is 18.9 Å². The Morgan fingerprint density at radius 1 is 0.700 bits per heavy atom. The fraction of sp³-hybridized carbons (Fsp3) is 0.312. The Bertz CT molecular complexity index is 1640. The summed E-state index contributed by atoms with van der Waals surface area (Å²) in [7, 11) is 6.38. The topological polar surface area (TPSA) is 71.1 Å². The summed E-state index contributed by atoms with van der Waals surface area (Å²) < 4.78 is 22.5. The maximum Gasteiger partial charge on any atom is 0.171 e. The first-order valence-corrected chi connectivity index (χ1v) is 14.9. The van der Waals surface area contributed by atoms with Crippen molar-refractivity contribution in [3.63, 3.8) is 0 Å². The van der Waals surface area contributed by atoms with Gasteiger partial charge in [0.15, 0.2) is 34.6 Å². The van der Waals surface area contributed by atoms with Crippen LogP contribution in [0.4, 0.5) is 0 Å². The van der Waals surface area contributed by atoms with Crippen LogP contribution in [0.15, 0.2) is 59.3 Å². The highest BCUT2D eigenvalue weighted by atomic mass is 32.1. The standard InChI is InChI=1S/C32H28O6S2/c1-35-20-11-16-15-32(31(34)17(16)12-21(20)36-2)28(24-7-5-9-39-24)26-18-13-22(37-3)23(38-4)14-19(18)30(33)27(26)29(32)25-8-6-10-40-25/h5-14,26-29H,15H2,1-4H3/t26-,27+,28-,29-,32-/m1/s1. The molecule has 3 aliphatic carbocycles. The van der Waals surface area contributed by atoms with Crippen LogP contribution >= 0.6 is 22.7 Å². The van der Waals surface area contributed by atoms with Crippen LogP contribution in [-0.4, -0.2) is 40.0 Å². The van der Waals surface area contributed by atoms with Crippen molar-refractivity contribution in [2.75, 3.05) is 28.4 Å². The number of benzene rings is 2. The molecule has 8 heteroatoms. The van der Waals surface area contributed by atoms with E-state index in [1.54, 1.807) is 51.1 Å². The Morgan fingerprint density at radius 3 is 1.77 bits per heavy atom. The smallest absolute Gasteiger partial charge is 0.171 e. The number of carbonyl (C=O) groups is 2. The molecule has 0 amide bonds. The molecule has 0 unspecified atom stereocenters. The van der Waals surface area contributed by atoms with E-state index < -0.39 is 5.41 Å². The monoisotopic (exact) mass is 572 g/mol. The van der Waals surface area contributed by atoms with Crippen LogP contribution in [0.1, 0.15) is 59.4 Å². The Kier molecular flexibility index (Phi) is 5.84. The number of rotatable bonds is 6. The average molecular weight is 573 g/mol. The zero-order chi connectivity index (χ0) is 27.8. The predicted molar refractivity (Wildman–Crippen MR) is 154 cm³/mol. The SMILES string of the molecule is COc1cc2c(cc1OC)C(=O)[C@@]1(C2)[C@H](c2cccs2)[C@H]2C(=O)c3cc(OC)c(OC)cc3[C@H]2[C@H]1c1cccs1. The van der Waals surface area contributed by atoms with Gasteiger partial charge in [0.05, 0.1) is 33.9 Å². The molecule has 2 heterocycles. The lowest BCUT2D eigenvalue weighted by atomic mass is 9.65. The summed E-state index contributed by atoms with van der Waals surface area (Å²) in [6.45, 7) is 0. The third-order valence-corrected chi connectivity index (χ3v) is 11.1. The van der Waals surface area contributed by atoms with Gasteiger partial charge in [0.2, 0.25) is 0 Å². The summed E-state index contributed by atoms with van der Waals surface area (Å²) >= 11 is 3.27.